The molecule has 0 heterocycles. The summed E-state index contributed by atoms with van der Waals surface area (Å²) in [5, 5.41) is 0. The van der Waals surface area contributed by atoms with E-state index in [2.05, 4.69) is 15.9 Å². The van der Waals surface area contributed by atoms with E-state index in [9.17, 15) is 0 Å². The smallest absolute Gasteiger partial charge is 0.0384 e. The molecule has 2 heteroatoms. The van der Waals surface area contributed by atoms with E-state index in [1.165, 1.54) is 0 Å². The van der Waals surface area contributed by atoms with Crippen LogP contribution in [0.15, 0.2) is 16.6 Å². The van der Waals surface area contributed by atoms with Gasteiger partial charge in [0.2, 0.25) is 0 Å². The van der Waals surface area contributed by atoms with Gasteiger partial charge in [0.15, 0.2) is 0 Å². The Labute approximate surface area is 69.4 Å². The molecule has 0 unspecified atom stereocenters. The first-order valence-corrected chi connectivity index (χ1v) is 3.93. The van der Waals surface area contributed by atoms with Gasteiger partial charge in [-0.2, -0.15) is 0 Å². The maximum absolute atomic E-state index is 5.75. The molecule has 1 nitrogen and oxygen atoms in total. The monoisotopic (exact) mass is 199 g/mol. The molecule has 0 spiro atoms. The number of hydrogen-bond donors (Lipinski definition) is 1. The minimum absolute atomic E-state index is 0.884. The van der Waals surface area contributed by atoms with Crippen LogP contribution < -0.4 is 5.73 Å². The standard InChI is InChI=1S/C8H10BrN/c1-5-3-4-7(9)6(2)8(5)10/h3-4H,10H2,1-2H3. The van der Waals surface area contributed by atoms with Crippen molar-refractivity contribution in [1.29, 1.82) is 0 Å². The third-order valence-electron chi connectivity index (χ3n) is 1.67. The molecule has 10 heavy (non-hydrogen) atoms. The van der Waals surface area contributed by atoms with Crippen LogP contribution in [-0.2, 0) is 0 Å². The molecular weight excluding hydrogens is 190 g/mol. The molecule has 0 saturated carbocycles. The van der Waals surface area contributed by atoms with Gasteiger partial charge in [-0.3, -0.25) is 0 Å². The summed E-state index contributed by atoms with van der Waals surface area (Å²) in [6.07, 6.45) is 0. The first kappa shape index (κ1) is 7.61. The van der Waals surface area contributed by atoms with Gasteiger partial charge in [0, 0.05) is 10.2 Å². The topological polar surface area (TPSA) is 26.0 Å². The van der Waals surface area contributed by atoms with Crippen LogP contribution in [0.5, 0.6) is 0 Å². The van der Waals surface area contributed by atoms with Gasteiger partial charge in [-0.05, 0) is 31.0 Å². The summed E-state index contributed by atoms with van der Waals surface area (Å²) in [5.41, 5.74) is 8.90. The fraction of sp³-hybridized carbons (Fsp3) is 0.250. The molecular formula is C8H10BrN. The van der Waals surface area contributed by atoms with Crippen molar-refractivity contribution in [1.82, 2.24) is 0 Å². The summed E-state index contributed by atoms with van der Waals surface area (Å²) in [6.45, 7) is 4.02. The summed E-state index contributed by atoms with van der Waals surface area (Å²) < 4.78 is 1.08. The van der Waals surface area contributed by atoms with E-state index in [0.717, 1.165) is 21.3 Å². The molecule has 1 aromatic carbocycles. The predicted molar refractivity (Wildman–Crippen MR) is 48.0 cm³/mol. The highest BCUT2D eigenvalue weighted by atomic mass is 79.9. The summed E-state index contributed by atoms with van der Waals surface area (Å²) >= 11 is 3.40. The Morgan fingerprint density at radius 2 is 1.90 bits per heavy atom. The highest BCUT2D eigenvalue weighted by Gasteiger charge is 1.99. The zero-order valence-corrected chi connectivity index (χ0v) is 7.70. The van der Waals surface area contributed by atoms with Crippen molar-refractivity contribution in [3.63, 3.8) is 0 Å². The Bertz CT molecular complexity index is 229. The molecule has 0 aliphatic heterocycles. The lowest BCUT2D eigenvalue weighted by atomic mass is 10.1. The Morgan fingerprint density at radius 3 is 2.40 bits per heavy atom. The van der Waals surface area contributed by atoms with Gasteiger partial charge in [0.1, 0.15) is 0 Å². The van der Waals surface area contributed by atoms with Crippen molar-refractivity contribution in [3.05, 3.63) is 27.7 Å². The van der Waals surface area contributed by atoms with E-state index in [4.69, 9.17) is 5.73 Å². The van der Waals surface area contributed by atoms with Crippen LogP contribution in [0.4, 0.5) is 5.69 Å². The van der Waals surface area contributed by atoms with Crippen molar-refractivity contribution < 1.29 is 0 Å². The molecule has 0 aliphatic carbocycles. The van der Waals surface area contributed by atoms with Crippen molar-refractivity contribution >= 4 is 21.6 Å². The largest absolute Gasteiger partial charge is 0.398 e. The first-order valence-electron chi connectivity index (χ1n) is 3.14. The lowest BCUT2D eigenvalue weighted by Gasteiger charge is -2.04. The fourth-order valence-electron chi connectivity index (χ4n) is 0.837. The summed E-state index contributed by atoms with van der Waals surface area (Å²) in [7, 11) is 0. The molecule has 0 radical (unpaired) electrons. The van der Waals surface area contributed by atoms with Crippen LogP contribution in [0.25, 0.3) is 0 Å². The molecule has 0 amide bonds. The maximum Gasteiger partial charge on any atom is 0.0384 e. The molecule has 0 atom stereocenters. The predicted octanol–water partition coefficient (Wildman–Crippen LogP) is 2.65. The fourth-order valence-corrected chi connectivity index (χ4v) is 1.18. The van der Waals surface area contributed by atoms with Crippen molar-refractivity contribution in [2.24, 2.45) is 0 Å². The van der Waals surface area contributed by atoms with E-state index in [1.54, 1.807) is 0 Å². The normalized spacial score (nSPS) is 9.90. The second-order valence-corrected chi connectivity index (χ2v) is 3.26. The van der Waals surface area contributed by atoms with Gasteiger partial charge < -0.3 is 5.73 Å². The van der Waals surface area contributed by atoms with Crippen LogP contribution in [0.2, 0.25) is 0 Å². The third kappa shape index (κ3) is 1.16. The van der Waals surface area contributed by atoms with Crippen LogP contribution >= 0.6 is 15.9 Å². The maximum atomic E-state index is 5.75. The number of aryl methyl sites for hydroxylation is 1. The molecule has 0 fully saturated rings. The number of anilines is 1. The molecule has 1 rings (SSSR count). The number of rotatable bonds is 0. The number of halogens is 1. The van der Waals surface area contributed by atoms with E-state index < -0.39 is 0 Å². The van der Waals surface area contributed by atoms with Gasteiger partial charge in [0.05, 0.1) is 0 Å². The van der Waals surface area contributed by atoms with Gasteiger partial charge in [-0.1, -0.05) is 22.0 Å². The van der Waals surface area contributed by atoms with Crippen molar-refractivity contribution in [2.75, 3.05) is 5.73 Å². The Hall–Kier alpha value is -0.500. The second-order valence-electron chi connectivity index (χ2n) is 2.40. The van der Waals surface area contributed by atoms with Crippen molar-refractivity contribution in [3.8, 4) is 0 Å². The summed E-state index contributed by atoms with van der Waals surface area (Å²) in [5.74, 6) is 0. The second kappa shape index (κ2) is 2.62. The average molecular weight is 200 g/mol. The third-order valence-corrected chi connectivity index (χ3v) is 2.53. The minimum Gasteiger partial charge on any atom is -0.398 e. The highest BCUT2D eigenvalue weighted by molar-refractivity contribution is 9.10. The van der Waals surface area contributed by atoms with Gasteiger partial charge in [-0.15, -0.1) is 0 Å². The molecule has 2 N–H and O–H groups in total. The summed E-state index contributed by atoms with van der Waals surface area (Å²) in [4.78, 5) is 0. The molecule has 0 bridgehead atoms. The van der Waals surface area contributed by atoms with Crippen molar-refractivity contribution in [2.45, 2.75) is 13.8 Å². The number of nitrogen functional groups attached to an aromatic ring is 1. The number of nitrogens with two attached hydrogens (primary N) is 1. The van der Waals surface area contributed by atoms with Gasteiger partial charge in [-0.25, -0.2) is 0 Å². The zero-order chi connectivity index (χ0) is 7.72. The van der Waals surface area contributed by atoms with Crippen LogP contribution in [0.3, 0.4) is 0 Å². The van der Waals surface area contributed by atoms with E-state index in [1.807, 2.05) is 26.0 Å². The van der Waals surface area contributed by atoms with E-state index in [0.29, 0.717) is 0 Å². The first-order chi connectivity index (χ1) is 4.63. The van der Waals surface area contributed by atoms with E-state index >= 15 is 0 Å². The SMILES string of the molecule is Cc1ccc(Br)c(C)c1N. The minimum atomic E-state index is 0.884. The van der Waals surface area contributed by atoms with Gasteiger partial charge in [0.25, 0.3) is 0 Å². The molecule has 1 aromatic rings. The number of benzene rings is 1. The highest BCUT2D eigenvalue weighted by Crippen LogP contribution is 2.24. The Balaban J connectivity index is 3.34. The Kier molecular flexibility index (Phi) is 2.00. The Morgan fingerprint density at radius 1 is 1.30 bits per heavy atom. The lowest BCUT2D eigenvalue weighted by molar-refractivity contribution is 1.36. The molecule has 54 valence electrons. The molecule has 0 saturated heterocycles. The quantitative estimate of drug-likeness (QED) is 0.640. The van der Waals surface area contributed by atoms with Crippen LogP contribution in [-0.4, -0.2) is 0 Å². The number of hydrogen-bond acceptors (Lipinski definition) is 1. The van der Waals surface area contributed by atoms with Crippen LogP contribution in [0.1, 0.15) is 11.1 Å². The average Bonchev–Trinajstić information content (AvgIpc) is 1.93. The lowest BCUT2D eigenvalue weighted by Crippen LogP contribution is -1.93. The van der Waals surface area contributed by atoms with Crippen LogP contribution in [0, 0.1) is 13.8 Å². The molecule has 0 aliphatic rings. The van der Waals surface area contributed by atoms with Gasteiger partial charge >= 0.3 is 0 Å². The molecule has 0 aromatic heterocycles. The summed E-state index contributed by atoms with van der Waals surface area (Å²) in [6, 6.07) is 4.02. The van der Waals surface area contributed by atoms with E-state index in [-0.39, 0.29) is 0 Å². The zero-order valence-electron chi connectivity index (χ0n) is 6.11.